The predicted molar refractivity (Wildman–Crippen MR) is 97.2 cm³/mol. The van der Waals surface area contributed by atoms with Crippen LogP contribution in [-0.4, -0.2) is 42.6 Å². The summed E-state index contributed by atoms with van der Waals surface area (Å²) in [5, 5.41) is 5.65. The van der Waals surface area contributed by atoms with Crippen molar-refractivity contribution in [3.8, 4) is 0 Å². The summed E-state index contributed by atoms with van der Waals surface area (Å²) in [6, 6.07) is 7.07. The first-order chi connectivity index (χ1) is 11.3. The first-order valence-electron chi connectivity index (χ1n) is 8.31. The highest BCUT2D eigenvalue weighted by molar-refractivity contribution is 5.95. The van der Waals surface area contributed by atoms with Crippen molar-refractivity contribution in [3.05, 3.63) is 24.3 Å². The summed E-state index contributed by atoms with van der Waals surface area (Å²) in [7, 11) is 1.48. The number of urea groups is 1. The molecule has 0 bridgehead atoms. The van der Waals surface area contributed by atoms with Crippen LogP contribution in [0, 0.1) is 5.92 Å². The van der Waals surface area contributed by atoms with Crippen LogP contribution in [0.1, 0.15) is 34.6 Å². The van der Waals surface area contributed by atoms with E-state index in [1.165, 1.54) is 7.11 Å². The van der Waals surface area contributed by atoms with Crippen molar-refractivity contribution in [1.29, 1.82) is 0 Å². The van der Waals surface area contributed by atoms with E-state index in [2.05, 4.69) is 24.5 Å². The molecule has 1 aromatic carbocycles. The molecule has 0 heterocycles. The van der Waals surface area contributed by atoms with E-state index in [4.69, 9.17) is 4.74 Å². The Kier molecular flexibility index (Phi) is 7.71. The van der Waals surface area contributed by atoms with Crippen LogP contribution in [0.3, 0.4) is 0 Å². The van der Waals surface area contributed by atoms with E-state index in [1.807, 2.05) is 13.8 Å². The summed E-state index contributed by atoms with van der Waals surface area (Å²) in [6.45, 7) is 10.5. The van der Waals surface area contributed by atoms with E-state index in [9.17, 15) is 9.59 Å². The number of nitrogens with zero attached hydrogens (tertiary/aromatic N) is 1. The molecule has 0 radical (unpaired) electrons. The van der Waals surface area contributed by atoms with Crippen LogP contribution in [0.2, 0.25) is 0 Å². The van der Waals surface area contributed by atoms with Crippen LogP contribution >= 0.6 is 0 Å². The second-order valence-electron chi connectivity index (χ2n) is 6.15. The summed E-state index contributed by atoms with van der Waals surface area (Å²) >= 11 is 0. The van der Waals surface area contributed by atoms with Gasteiger partial charge in [0.25, 0.3) is 5.91 Å². The van der Waals surface area contributed by atoms with Crippen molar-refractivity contribution in [2.45, 2.75) is 46.8 Å². The fraction of sp³-hybridized carbons (Fsp3) is 0.556. The summed E-state index contributed by atoms with van der Waals surface area (Å²) in [5.74, 6) is 0.140. The zero-order valence-electron chi connectivity index (χ0n) is 15.4. The fourth-order valence-electron chi connectivity index (χ4n) is 2.20. The van der Waals surface area contributed by atoms with Gasteiger partial charge in [-0.3, -0.25) is 4.79 Å². The lowest BCUT2D eigenvalue weighted by Crippen LogP contribution is -2.43. The first kappa shape index (κ1) is 20.0. The Morgan fingerprint density at radius 2 is 1.71 bits per heavy atom. The maximum Gasteiger partial charge on any atom is 0.322 e. The van der Waals surface area contributed by atoms with Crippen LogP contribution in [-0.2, 0) is 9.53 Å². The van der Waals surface area contributed by atoms with Gasteiger partial charge in [0.05, 0.1) is 0 Å². The Bertz CT molecular complexity index is 560. The zero-order valence-corrected chi connectivity index (χ0v) is 15.4. The third-order valence-corrected chi connectivity index (χ3v) is 4.16. The van der Waals surface area contributed by atoms with Gasteiger partial charge in [0.2, 0.25) is 0 Å². The van der Waals surface area contributed by atoms with E-state index in [0.717, 1.165) is 0 Å². The summed E-state index contributed by atoms with van der Waals surface area (Å²) in [4.78, 5) is 26.1. The van der Waals surface area contributed by atoms with Gasteiger partial charge in [0.1, 0.15) is 6.10 Å². The SMILES string of the molecule is CCN(C(=O)Nc1cccc(NC(=O)[C@H](C)OC)c1)[C@@H](C)C(C)C. The number of carbonyl (C=O) groups excluding carboxylic acids is 2. The zero-order chi connectivity index (χ0) is 18.3. The van der Waals surface area contributed by atoms with Gasteiger partial charge >= 0.3 is 6.03 Å². The van der Waals surface area contributed by atoms with Crippen molar-refractivity contribution in [1.82, 2.24) is 4.90 Å². The van der Waals surface area contributed by atoms with E-state index in [-0.39, 0.29) is 18.0 Å². The number of rotatable bonds is 7. The Balaban J connectivity index is 2.79. The van der Waals surface area contributed by atoms with Crippen molar-refractivity contribution >= 4 is 23.3 Å². The van der Waals surface area contributed by atoms with E-state index < -0.39 is 6.10 Å². The summed E-state index contributed by atoms with van der Waals surface area (Å²) in [5.41, 5.74) is 1.25. The minimum absolute atomic E-state index is 0.139. The molecule has 0 spiro atoms. The molecule has 0 aromatic heterocycles. The monoisotopic (exact) mass is 335 g/mol. The number of methoxy groups -OCH3 is 1. The highest BCUT2D eigenvalue weighted by Crippen LogP contribution is 2.18. The summed E-state index contributed by atoms with van der Waals surface area (Å²) < 4.78 is 4.99. The van der Waals surface area contributed by atoms with Crippen LogP contribution in [0.15, 0.2) is 24.3 Å². The quantitative estimate of drug-likeness (QED) is 0.800. The van der Waals surface area contributed by atoms with Crippen molar-refractivity contribution < 1.29 is 14.3 Å². The van der Waals surface area contributed by atoms with Crippen LogP contribution < -0.4 is 10.6 Å². The fourth-order valence-corrected chi connectivity index (χ4v) is 2.20. The van der Waals surface area contributed by atoms with Gasteiger partial charge in [0.15, 0.2) is 0 Å². The molecule has 0 aliphatic rings. The number of hydrogen-bond acceptors (Lipinski definition) is 3. The Hall–Kier alpha value is -2.08. The normalized spacial score (nSPS) is 13.3. The third-order valence-electron chi connectivity index (χ3n) is 4.16. The van der Waals surface area contributed by atoms with Gasteiger partial charge in [-0.15, -0.1) is 0 Å². The van der Waals surface area contributed by atoms with E-state index >= 15 is 0 Å². The van der Waals surface area contributed by atoms with Crippen LogP contribution in [0.5, 0.6) is 0 Å². The largest absolute Gasteiger partial charge is 0.372 e. The highest BCUT2D eigenvalue weighted by atomic mass is 16.5. The van der Waals surface area contributed by atoms with Crippen molar-refractivity contribution in [3.63, 3.8) is 0 Å². The molecule has 6 heteroatoms. The number of nitrogens with one attached hydrogen (secondary N) is 2. The van der Waals surface area contributed by atoms with E-state index in [0.29, 0.717) is 23.8 Å². The van der Waals surface area contributed by atoms with Crippen molar-refractivity contribution in [2.75, 3.05) is 24.3 Å². The molecule has 2 atom stereocenters. The number of amides is 3. The molecular formula is C18H29N3O3. The second-order valence-corrected chi connectivity index (χ2v) is 6.15. The average Bonchev–Trinajstić information content (AvgIpc) is 2.54. The van der Waals surface area contributed by atoms with Gasteiger partial charge in [-0.2, -0.15) is 0 Å². The average molecular weight is 335 g/mol. The lowest BCUT2D eigenvalue weighted by atomic mass is 10.1. The number of hydrogen-bond donors (Lipinski definition) is 2. The molecule has 0 aliphatic carbocycles. The van der Waals surface area contributed by atoms with Crippen LogP contribution in [0.25, 0.3) is 0 Å². The second kappa shape index (κ2) is 9.27. The maximum atomic E-state index is 12.5. The molecule has 134 valence electrons. The molecule has 1 aromatic rings. The number of anilines is 2. The molecule has 1 rings (SSSR count). The Morgan fingerprint density at radius 3 is 2.21 bits per heavy atom. The number of ether oxygens (including phenoxy) is 1. The minimum atomic E-state index is -0.536. The molecular weight excluding hydrogens is 306 g/mol. The molecule has 2 N–H and O–H groups in total. The first-order valence-corrected chi connectivity index (χ1v) is 8.31. The standard InChI is InChI=1S/C18H29N3O3/c1-7-21(13(4)12(2)3)18(23)20-16-10-8-9-15(11-16)19-17(22)14(5)24-6/h8-14H,7H2,1-6H3,(H,19,22)(H,20,23)/t13-,14-/m0/s1. The van der Waals surface area contributed by atoms with Gasteiger partial charge in [-0.25, -0.2) is 4.79 Å². The molecule has 0 aliphatic heterocycles. The lowest BCUT2D eigenvalue weighted by molar-refractivity contribution is -0.124. The molecule has 0 unspecified atom stereocenters. The topological polar surface area (TPSA) is 70.7 Å². The van der Waals surface area contributed by atoms with Gasteiger partial charge < -0.3 is 20.3 Å². The predicted octanol–water partition coefficient (Wildman–Crippen LogP) is 3.56. The van der Waals surface area contributed by atoms with Gasteiger partial charge in [0, 0.05) is 31.1 Å². The van der Waals surface area contributed by atoms with Gasteiger partial charge in [-0.1, -0.05) is 19.9 Å². The molecule has 3 amide bonds. The lowest BCUT2D eigenvalue weighted by Gasteiger charge is -2.31. The molecule has 0 saturated heterocycles. The number of carbonyl (C=O) groups is 2. The molecule has 6 nitrogen and oxygen atoms in total. The minimum Gasteiger partial charge on any atom is -0.372 e. The van der Waals surface area contributed by atoms with E-state index in [1.54, 1.807) is 36.1 Å². The Morgan fingerprint density at radius 1 is 1.12 bits per heavy atom. The summed E-state index contributed by atoms with van der Waals surface area (Å²) in [6.07, 6.45) is -0.536. The smallest absolute Gasteiger partial charge is 0.322 e. The highest BCUT2D eigenvalue weighted by Gasteiger charge is 2.21. The maximum absolute atomic E-state index is 12.5. The van der Waals surface area contributed by atoms with Gasteiger partial charge in [-0.05, 0) is 44.9 Å². The molecule has 0 fully saturated rings. The van der Waals surface area contributed by atoms with Crippen LogP contribution in [0.4, 0.5) is 16.2 Å². The number of benzene rings is 1. The third kappa shape index (κ3) is 5.53. The molecule has 24 heavy (non-hydrogen) atoms. The Labute approximate surface area is 144 Å². The van der Waals surface area contributed by atoms with Crippen molar-refractivity contribution in [2.24, 2.45) is 5.92 Å². The molecule has 0 saturated carbocycles.